The van der Waals surface area contributed by atoms with E-state index in [-0.39, 0.29) is 17.8 Å². The van der Waals surface area contributed by atoms with Crippen LogP contribution in [0.25, 0.3) is 16.9 Å². The lowest BCUT2D eigenvalue weighted by atomic mass is 10.1. The van der Waals surface area contributed by atoms with Crippen LogP contribution in [0, 0.1) is 18.7 Å². The normalized spacial score (nSPS) is 15.3. The zero-order chi connectivity index (χ0) is 17.6. The molecular weight excluding hydrogens is 319 g/mol. The second kappa shape index (κ2) is 5.95. The fourth-order valence-electron chi connectivity index (χ4n) is 3.04. The first-order valence-electron chi connectivity index (χ1n) is 8.44. The van der Waals surface area contributed by atoms with Crippen molar-refractivity contribution in [2.45, 2.75) is 32.7 Å². The lowest BCUT2D eigenvalue weighted by molar-refractivity contribution is 0.0933. The Hall–Kier alpha value is -2.76. The summed E-state index contributed by atoms with van der Waals surface area (Å²) in [6.45, 7) is 3.95. The van der Waals surface area contributed by atoms with E-state index in [9.17, 15) is 9.18 Å². The predicted octanol–water partition coefficient (Wildman–Crippen LogP) is 3.37. The Labute approximate surface area is 144 Å². The number of nitrogens with one attached hydrogen (secondary N) is 1. The molecule has 1 aliphatic rings. The fraction of sp³-hybridized carbons (Fsp3) is 0.316. The number of rotatable bonds is 4. The fourth-order valence-corrected chi connectivity index (χ4v) is 3.04. The van der Waals surface area contributed by atoms with E-state index in [0.29, 0.717) is 23.0 Å². The first-order chi connectivity index (χ1) is 12.0. The molecule has 1 atom stereocenters. The van der Waals surface area contributed by atoms with Crippen LogP contribution in [0.4, 0.5) is 4.39 Å². The molecule has 0 spiro atoms. The molecule has 5 nitrogen and oxygen atoms in total. The largest absolute Gasteiger partial charge is 0.348 e. The van der Waals surface area contributed by atoms with Crippen LogP contribution < -0.4 is 5.32 Å². The minimum atomic E-state index is -0.292. The molecule has 0 radical (unpaired) electrons. The standard InChI is InChI=1S/C19H19FN4O/c1-11-9-16(14-5-7-15(20)8-6-14)23-18-17(21-10-24(11)18)19(25)22-12(2)13-3-4-13/h5-10,12-13H,3-4H2,1-2H3,(H,22,25). The summed E-state index contributed by atoms with van der Waals surface area (Å²) in [5.41, 5.74) is 3.23. The highest BCUT2D eigenvalue weighted by molar-refractivity contribution is 5.98. The van der Waals surface area contributed by atoms with Gasteiger partial charge in [0.2, 0.25) is 0 Å². The number of benzene rings is 1. The van der Waals surface area contributed by atoms with Crippen molar-refractivity contribution in [3.8, 4) is 11.3 Å². The highest BCUT2D eigenvalue weighted by atomic mass is 19.1. The first-order valence-corrected chi connectivity index (χ1v) is 8.44. The monoisotopic (exact) mass is 338 g/mol. The first kappa shape index (κ1) is 15.7. The maximum absolute atomic E-state index is 13.2. The molecule has 128 valence electrons. The van der Waals surface area contributed by atoms with E-state index in [2.05, 4.69) is 15.3 Å². The van der Waals surface area contributed by atoms with Gasteiger partial charge in [-0.25, -0.2) is 14.4 Å². The third-order valence-electron chi connectivity index (χ3n) is 4.74. The average Bonchev–Trinajstić information content (AvgIpc) is 3.35. The van der Waals surface area contributed by atoms with Gasteiger partial charge in [-0.05, 0) is 62.9 Å². The summed E-state index contributed by atoms with van der Waals surface area (Å²) < 4.78 is 15.0. The second-order valence-electron chi connectivity index (χ2n) is 6.68. The predicted molar refractivity (Wildman–Crippen MR) is 92.8 cm³/mol. The van der Waals surface area contributed by atoms with Gasteiger partial charge < -0.3 is 5.32 Å². The van der Waals surface area contributed by atoms with Gasteiger partial charge in [0.15, 0.2) is 11.3 Å². The lowest BCUT2D eigenvalue weighted by Crippen LogP contribution is -2.34. The lowest BCUT2D eigenvalue weighted by Gasteiger charge is -2.12. The van der Waals surface area contributed by atoms with E-state index in [1.54, 1.807) is 22.9 Å². The van der Waals surface area contributed by atoms with E-state index in [0.717, 1.165) is 24.1 Å². The summed E-state index contributed by atoms with van der Waals surface area (Å²) in [4.78, 5) is 21.5. The van der Waals surface area contributed by atoms with Crippen molar-refractivity contribution >= 4 is 11.6 Å². The number of carbonyl (C=O) groups excluding carboxylic acids is 1. The van der Waals surface area contributed by atoms with Crippen LogP contribution in [0.3, 0.4) is 0 Å². The Morgan fingerprint density at radius 1 is 1.32 bits per heavy atom. The third-order valence-corrected chi connectivity index (χ3v) is 4.74. The molecule has 1 aromatic carbocycles. The Morgan fingerprint density at radius 2 is 2.04 bits per heavy atom. The molecule has 2 heterocycles. The highest BCUT2D eigenvalue weighted by Gasteiger charge is 2.30. The van der Waals surface area contributed by atoms with Gasteiger partial charge in [0.25, 0.3) is 5.91 Å². The molecule has 3 aromatic rings. The van der Waals surface area contributed by atoms with Crippen LogP contribution in [0.15, 0.2) is 36.7 Å². The number of carbonyl (C=O) groups is 1. The van der Waals surface area contributed by atoms with Gasteiger partial charge in [0, 0.05) is 17.3 Å². The molecule has 1 aliphatic carbocycles. The average molecular weight is 338 g/mol. The number of imidazole rings is 1. The minimum Gasteiger partial charge on any atom is -0.348 e. The quantitative estimate of drug-likeness (QED) is 0.793. The minimum absolute atomic E-state index is 0.144. The van der Waals surface area contributed by atoms with Crippen molar-refractivity contribution in [1.82, 2.24) is 19.7 Å². The van der Waals surface area contributed by atoms with E-state index in [4.69, 9.17) is 0 Å². The number of hydrogen-bond acceptors (Lipinski definition) is 3. The van der Waals surface area contributed by atoms with E-state index >= 15 is 0 Å². The van der Waals surface area contributed by atoms with Gasteiger partial charge in [-0.15, -0.1) is 0 Å². The molecule has 0 bridgehead atoms. The van der Waals surface area contributed by atoms with Crippen molar-refractivity contribution in [1.29, 1.82) is 0 Å². The number of aromatic nitrogens is 3. The SMILES string of the molecule is Cc1cc(-c2ccc(F)cc2)nc2c(C(=O)NC(C)C3CC3)ncn12. The molecular formula is C19H19FN4O. The summed E-state index contributed by atoms with van der Waals surface area (Å²) in [6, 6.07) is 8.20. The zero-order valence-corrected chi connectivity index (χ0v) is 14.2. The molecule has 0 aliphatic heterocycles. The number of nitrogens with zero attached hydrogens (tertiary/aromatic N) is 3. The van der Waals surface area contributed by atoms with Crippen molar-refractivity contribution in [3.63, 3.8) is 0 Å². The number of halogens is 1. The van der Waals surface area contributed by atoms with Crippen LogP contribution in [-0.2, 0) is 0 Å². The molecule has 1 unspecified atom stereocenters. The summed E-state index contributed by atoms with van der Waals surface area (Å²) in [5, 5.41) is 3.02. The van der Waals surface area contributed by atoms with Crippen molar-refractivity contribution in [2.24, 2.45) is 5.92 Å². The molecule has 1 amide bonds. The van der Waals surface area contributed by atoms with Gasteiger partial charge in [-0.3, -0.25) is 9.20 Å². The Bertz CT molecular complexity index is 944. The molecule has 1 saturated carbocycles. The summed E-state index contributed by atoms with van der Waals surface area (Å²) >= 11 is 0. The van der Waals surface area contributed by atoms with Crippen LogP contribution in [0.2, 0.25) is 0 Å². The maximum Gasteiger partial charge on any atom is 0.274 e. The number of fused-ring (bicyclic) bond motifs is 1. The van der Waals surface area contributed by atoms with Crippen LogP contribution >= 0.6 is 0 Å². The van der Waals surface area contributed by atoms with Gasteiger partial charge in [0.1, 0.15) is 12.1 Å². The van der Waals surface area contributed by atoms with Gasteiger partial charge in [0.05, 0.1) is 5.69 Å². The number of hydrogen-bond donors (Lipinski definition) is 1. The number of amides is 1. The third kappa shape index (κ3) is 2.99. The van der Waals surface area contributed by atoms with Crippen molar-refractivity contribution in [3.05, 3.63) is 53.9 Å². The van der Waals surface area contributed by atoms with Crippen LogP contribution in [0.5, 0.6) is 0 Å². The second-order valence-corrected chi connectivity index (χ2v) is 6.68. The topological polar surface area (TPSA) is 59.3 Å². The Balaban J connectivity index is 1.73. The van der Waals surface area contributed by atoms with Gasteiger partial charge >= 0.3 is 0 Å². The van der Waals surface area contributed by atoms with E-state index in [1.165, 1.54) is 12.1 Å². The molecule has 0 saturated heterocycles. The maximum atomic E-state index is 13.2. The molecule has 1 fully saturated rings. The molecule has 6 heteroatoms. The van der Waals surface area contributed by atoms with Gasteiger partial charge in [-0.1, -0.05) is 0 Å². The molecule has 1 N–H and O–H groups in total. The zero-order valence-electron chi connectivity index (χ0n) is 14.2. The molecule has 4 rings (SSSR count). The van der Waals surface area contributed by atoms with E-state index in [1.807, 2.05) is 19.9 Å². The highest BCUT2D eigenvalue weighted by Crippen LogP contribution is 2.32. The van der Waals surface area contributed by atoms with Crippen LogP contribution in [-0.4, -0.2) is 26.3 Å². The molecule has 25 heavy (non-hydrogen) atoms. The summed E-state index contributed by atoms with van der Waals surface area (Å²) in [5.74, 6) is 0.0763. The Kier molecular flexibility index (Phi) is 3.75. The summed E-state index contributed by atoms with van der Waals surface area (Å²) in [7, 11) is 0. The smallest absolute Gasteiger partial charge is 0.274 e. The number of aryl methyl sites for hydroxylation is 1. The van der Waals surface area contributed by atoms with Crippen LogP contribution in [0.1, 0.15) is 35.9 Å². The van der Waals surface area contributed by atoms with Gasteiger partial charge in [-0.2, -0.15) is 0 Å². The molecule has 2 aromatic heterocycles. The Morgan fingerprint density at radius 3 is 2.72 bits per heavy atom. The van der Waals surface area contributed by atoms with E-state index < -0.39 is 0 Å². The van der Waals surface area contributed by atoms with Crippen molar-refractivity contribution in [2.75, 3.05) is 0 Å². The summed E-state index contributed by atoms with van der Waals surface area (Å²) in [6.07, 6.45) is 3.94. The van der Waals surface area contributed by atoms with Crippen molar-refractivity contribution < 1.29 is 9.18 Å².